The number of carbonyl (C=O) groups excluding carboxylic acids is 2. The molecule has 172 valence electrons. The molecule has 1 atom stereocenters. The van der Waals surface area contributed by atoms with Crippen LogP contribution in [0, 0.1) is 0 Å². The van der Waals surface area contributed by atoms with Gasteiger partial charge in [0, 0.05) is 35.5 Å². The van der Waals surface area contributed by atoms with E-state index in [4.69, 9.17) is 23.2 Å². The van der Waals surface area contributed by atoms with Crippen LogP contribution >= 0.6 is 23.2 Å². The molecule has 0 bridgehead atoms. The maximum atomic E-state index is 13.7. The Balaban J connectivity index is 1.67. The van der Waals surface area contributed by atoms with Crippen molar-refractivity contribution >= 4 is 35.0 Å². The summed E-state index contributed by atoms with van der Waals surface area (Å²) in [4.78, 5) is 30.6. The van der Waals surface area contributed by atoms with Crippen molar-refractivity contribution in [3.05, 3.63) is 93.7 Å². The molecule has 0 radical (unpaired) electrons. The molecule has 1 aliphatic rings. The third-order valence-electron chi connectivity index (χ3n) is 5.98. The first-order valence-electron chi connectivity index (χ1n) is 10.9. The predicted molar refractivity (Wildman–Crippen MR) is 132 cm³/mol. The van der Waals surface area contributed by atoms with Gasteiger partial charge in [-0.3, -0.25) is 9.59 Å². The van der Waals surface area contributed by atoms with E-state index in [9.17, 15) is 9.59 Å². The van der Waals surface area contributed by atoms with Crippen LogP contribution in [0.25, 0.3) is 0 Å². The van der Waals surface area contributed by atoms with Gasteiger partial charge in [-0.2, -0.15) is 0 Å². The van der Waals surface area contributed by atoms with E-state index < -0.39 is 5.54 Å². The Morgan fingerprint density at radius 2 is 1.76 bits per heavy atom. The summed E-state index contributed by atoms with van der Waals surface area (Å²) in [6.07, 6.45) is 2.02. The molecule has 33 heavy (non-hydrogen) atoms. The third-order valence-corrected chi connectivity index (χ3v) is 6.54. The van der Waals surface area contributed by atoms with Crippen LogP contribution in [0.5, 0.6) is 0 Å². The highest BCUT2D eigenvalue weighted by molar-refractivity contribution is 6.33. The quantitative estimate of drug-likeness (QED) is 0.479. The molecule has 0 spiro atoms. The Hall–Kier alpha value is -2.76. The van der Waals surface area contributed by atoms with Crippen molar-refractivity contribution in [3.8, 4) is 0 Å². The summed E-state index contributed by atoms with van der Waals surface area (Å²) in [5, 5.41) is 0.991. The fraction of sp³-hybridized carbons (Fsp3) is 0.308. The molecule has 0 saturated heterocycles. The van der Waals surface area contributed by atoms with Gasteiger partial charge >= 0.3 is 0 Å². The maximum Gasteiger partial charge on any atom is 0.256 e. The van der Waals surface area contributed by atoms with Gasteiger partial charge in [0.05, 0.1) is 16.6 Å². The summed E-state index contributed by atoms with van der Waals surface area (Å²) in [6.45, 7) is 6.95. The number of aromatic nitrogens is 1. The minimum atomic E-state index is -0.576. The number of rotatable bonds is 4. The van der Waals surface area contributed by atoms with Gasteiger partial charge < -0.3 is 14.4 Å². The second kappa shape index (κ2) is 9.24. The minimum absolute atomic E-state index is 0.0503. The van der Waals surface area contributed by atoms with E-state index in [1.165, 1.54) is 0 Å². The monoisotopic (exact) mass is 483 g/mol. The average Bonchev–Trinajstić information content (AvgIpc) is 3.24. The number of halogens is 2. The molecular weight excluding hydrogens is 457 g/mol. The van der Waals surface area contributed by atoms with E-state index in [-0.39, 0.29) is 24.4 Å². The lowest BCUT2D eigenvalue weighted by Gasteiger charge is -2.41. The van der Waals surface area contributed by atoms with Gasteiger partial charge in [0.2, 0.25) is 5.91 Å². The molecule has 4 rings (SSSR count). The molecule has 7 heteroatoms. The summed E-state index contributed by atoms with van der Waals surface area (Å²) < 4.78 is 2.16. The highest BCUT2D eigenvalue weighted by Gasteiger charge is 2.36. The molecule has 2 amide bonds. The second-order valence-electron chi connectivity index (χ2n) is 9.21. The first-order valence-corrected chi connectivity index (χ1v) is 11.7. The average molecular weight is 484 g/mol. The topological polar surface area (TPSA) is 45.6 Å². The molecule has 1 unspecified atom stereocenters. The van der Waals surface area contributed by atoms with Crippen LogP contribution in [0.1, 0.15) is 48.4 Å². The molecule has 0 N–H and O–H groups in total. The van der Waals surface area contributed by atoms with Crippen LogP contribution in [-0.4, -0.2) is 44.8 Å². The third kappa shape index (κ3) is 4.80. The maximum absolute atomic E-state index is 13.7. The van der Waals surface area contributed by atoms with E-state index in [1.54, 1.807) is 29.2 Å². The second-order valence-corrected chi connectivity index (χ2v) is 10.1. The number of hydrogen-bond donors (Lipinski definition) is 0. The molecule has 1 aromatic heterocycles. The number of carbonyl (C=O) groups is 2. The van der Waals surface area contributed by atoms with Gasteiger partial charge in [-0.05, 0) is 62.7 Å². The summed E-state index contributed by atoms with van der Waals surface area (Å²) in [6, 6.07) is 18.3. The fourth-order valence-electron chi connectivity index (χ4n) is 4.30. The standard InChI is InChI=1S/C26H27Cl2N3O2/c1-26(2,3)31(25(33)20-10-4-5-11-21(20)28)17-23(32)30-15-14-29-13-7-12-22(29)24(30)18-8-6-9-19(27)16-18/h4-13,16,24H,14-15,17H2,1-3H3. The molecular formula is C26H27Cl2N3O2. The highest BCUT2D eigenvalue weighted by Crippen LogP contribution is 2.34. The molecule has 2 aromatic carbocycles. The SMILES string of the molecule is CC(C)(C)N(CC(=O)N1CCn2cccc2C1c1cccc(Cl)c1)C(=O)c1ccccc1Cl. The summed E-state index contributed by atoms with van der Waals surface area (Å²) >= 11 is 12.6. The first kappa shape index (κ1) is 23.4. The first-order chi connectivity index (χ1) is 15.7. The molecule has 0 saturated carbocycles. The van der Waals surface area contributed by atoms with E-state index in [0.717, 1.165) is 11.3 Å². The van der Waals surface area contributed by atoms with Gasteiger partial charge in [0.25, 0.3) is 5.91 Å². The lowest BCUT2D eigenvalue weighted by molar-refractivity contribution is -0.135. The van der Waals surface area contributed by atoms with Crippen LogP contribution in [-0.2, 0) is 11.3 Å². The van der Waals surface area contributed by atoms with Crippen LogP contribution in [0.3, 0.4) is 0 Å². The van der Waals surface area contributed by atoms with Gasteiger partial charge in [0.15, 0.2) is 0 Å². The van der Waals surface area contributed by atoms with Crippen LogP contribution < -0.4 is 0 Å². The van der Waals surface area contributed by atoms with Crippen LogP contribution in [0.2, 0.25) is 10.0 Å². The number of amides is 2. The molecule has 5 nitrogen and oxygen atoms in total. The van der Waals surface area contributed by atoms with Crippen molar-refractivity contribution in [2.24, 2.45) is 0 Å². The number of benzene rings is 2. The van der Waals surface area contributed by atoms with Gasteiger partial charge in [-0.15, -0.1) is 0 Å². The lowest BCUT2D eigenvalue weighted by atomic mass is 9.99. The van der Waals surface area contributed by atoms with Gasteiger partial charge in [-0.25, -0.2) is 0 Å². The Labute approximate surface area is 204 Å². The molecule has 3 aromatic rings. The lowest BCUT2D eigenvalue weighted by Crippen LogP contribution is -2.53. The van der Waals surface area contributed by atoms with Gasteiger partial charge in [-0.1, -0.05) is 47.5 Å². The van der Waals surface area contributed by atoms with E-state index in [1.807, 2.05) is 68.3 Å². The zero-order valence-electron chi connectivity index (χ0n) is 19.0. The van der Waals surface area contributed by atoms with Crippen LogP contribution in [0.15, 0.2) is 66.9 Å². The number of fused-ring (bicyclic) bond motifs is 1. The molecule has 2 heterocycles. The van der Waals surface area contributed by atoms with Crippen molar-refractivity contribution in [1.82, 2.24) is 14.4 Å². The minimum Gasteiger partial charge on any atom is -0.348 e. The normalized spacial score (nSPS) is 15.8. The molecule has 1 aliphatic heterocycles. The summed E-state index contributed by atoms with van der Waals surface area (Å²) in [5.74, 6) is -0.385. The smallest absolute Gasteiger partial charge is 0.256 e. The number of nitrogens with zero attached hydrogens (tertiary/aromatic N) is 3. The molecule has 0 aliphatic carbocycles. The largest absolute Gasteiger partial charge is 0.348 e. The van der Waals surface area contributed by atoms with Crippen molar-refractivity contribution in [1.29, 1.82) is 0 Å². The summed E-state index contributed by atoms with van der Waals surface area (Å²) in [7, 11) is 0. The van der Waals surface area contributed by atoms with Crippen molar-refractivity contribution in [2.45, 2.75) is 38.9 Å². The van der Waals surface area contributed by atoms with E-state index >= 15 is 0 Å². The zero-order valence-corrected chi connectivity index (χ0v) is 20.5. The Kier molecular flexibility index (Phi) is 6.55. The Bertz CT molecular complexity index is 1180. The summed E-state index contributed by atoms with van der Waals surface area (Å²) in [5.41, 5.74) is 1.78. The number of hydrogen-bond acceptors (Lipinski definition) is 2. The zero-order chi connectivity index (χ0) is 23.8. The Morgan fingerprint density at radius 1 is 1.00 bits per heavy atom. The predicted octanol–water partition coefficient (Wildman–Crippen LogP) is 5.67. The highest BCUT2D eigenvalue weighted by atomic mass is 35.5. The van der Waals surface area contributed by atoms with E-state index in [2.05, 4.69) is 4.57 Å². The fourth-order valence-corrected chi connectivity index (χ4v) is 4.71. The van der Waals surface area contributed by atoms with Crippen LogP contribution in [0.4, 0.5) is 0 Å². The van der Waals surface area contributed by atoms with Crippen molar-refractivity contribution in [3.63, 3.8) is 0 Å². The van der Waals surface area contributed by atoms with Crippen molar-refractivity contribution in [2.75, 3.05) is 13.1 Å². The van der Waals surface area contributed by atoms with E-state index in [0.29, 0.717) is 28.7 Å². The van der Waals surface area contributed by atoms with Crippen molar-refractivity contribution < 1.29 is 9.59 Å². The Morgan fingerprint density at radius 3 is 2.45 bits per heavy atom. The molecule has 0 fully saturated rings. The van der Waals surface area contributed by atoms with Gasteiger partial charge in [0.1, 0.15) is 6.54 Å².